The van der Waals surface area contributed by atoms with E-state index in [1.807, 2.05) is 24.3 Å². The van der Waals surface area contributed by atoms with Gasteiger partial charge in [-0.25, -0.2) is 0 Å². The molecule has 166 valence electrons. The number of rotatable bonds is 12. The van der Waals surface area contributed by atoms with Crippen LogP contribution in [0.2, 0.25) is 0 Å². The number of nitrogens with one attached hydrogen (secondary N) is 2. The van der Waals surface area contributed by atoms with E-state index in [2.05, 4.69) is 29.4 Å². The van der Waals surface area contributed by atoms with Crippen LogP contribution in [0.15, 0.2) is 36.4 Å². The van der Waals surface area contributed by atoms with Gasteiger partial charge in [-0.2, -0.15) is 0 Å². The Morgan fingerprint density at radius 3 is 1.90 bits per heavy atom. The molecule has 0 heterocycles. The summed E-state index contributed by atoms with van der Waals surface area (Å²) in [4.78, 5) is 29.1. The molecule has 0 fully saturated rings. The molecule has 1 aliphatic carbocycles. The minimum Gasteiger partial charge on any atom is -0.396 e. The fourth-order valence-electron chi connectivity index (χ4n) is 4.06. The molecule has 0 radical (unpaired) electrons. The van der Waals surface area contributed by atoms with Crippen molar-refractivity contribution in [3.63, 3.8) is 0 Å². The Morgan fingerprint density at radius 2 is 1.35 bits per heavy atom. The maximum Gasteiger partial charge on any atom is 0.198 e. The van der Waals surface area contributed by atoms with Crippen LogP contribution in [-0.2, 0) is 0 Å². The van der Waals surface area contributed by atoms with Crippen molar-refractivity contribution >= 4 is 22.9 Å². The van der Waals surface area contributed by atoms with Crippen molar-refractivity contribution in [3.05, 3.63) is 58.7 Å². The lowest BCUT2D eigenvalue weighted by Gasteiger charge is -2.24. The lowest BCUT2D eigenvalue weighted by molar-refractivity contribution is 0.0980. The lowest BCUT2D eigenvalue weighted by Crippen LogP contribution is -2.29. The number of benzene rings is 2. The predicted molar refractivity (Wildman–Crippen MR) is 125 cm³/mol. The Labute approximate surface area is 184 Å². The fraction of sp³-hybridized carbons (Fsp3) is 0.440. The van der Waals surface area contributed by atoms with Crippen molar-refractivity contribution in [2.75, 3.05) is 50.0 Å². The number of ketones is 2. The number of hydrogen-bond acceptors (Lipinski definition) is 6. The largest absolute Gasteiger partial charge is 0.396 e. The molecule has 0 aliphatic heterocycles. The summed E-state index contributed by atoms with van der Waals surface area (Å²) in [6, 6.07) is 10.9. The second-order valence-electron chi connectivity index (χ2n) is 7.78. The summed E-state index contributed by atoms with van der Waals surface area (Å²) in [5, 5.41) is 15.6. The molecule has 0 unspecified atom stereocenters. The Kier molecular flexibility index (Phi) is 8.20. The van der Waals surface area contributed by atoms with Crippen molar-refractivity contribution < 1.29 is 14.7 Å². The zero-order chi connectivity index (χ0) is 22.2. The summed E-state index contributed by atoms with van der Waals surface area (Å²) in [6.07, 6.45) is 2.57. The third kappa shape index (κ3) is 5.14. The summed E-state index contributed by atoms with van der Waals surface area (Å²) in [5.41, 5.74) is 3.26. The van der Waals surface area contributed by atoms with E-state index in [4.69, 9.17) is 5.11 Å². The molecule has 3 N–H and O–H groups in total. The van der Waals surface area contributed by atoms with Crippen LogP contribution in [0.3, 0.4) is 0 Å². The first kappa shape index (κ1) is 23.0. The van der Waals surface area contributed by atoms with E-state index in [1.165, 1.54) is 0 Å². The molecular weight excluding hydrogens is 390 g/mol. The number of carbonyl (C=O) groups is 2. The van der Waals surface area contributed by atoms with Gasteiger partial charge in [0.25, 0.3) is 0 Å². The molecule has 2 aromatic carbocycles. The van der Waals surface area contributed by atoms with Gasteiger partial charge in [0.15, 0.2) is 11.6 Å². The number of nitrogens with zero attached hydrogens (tertiary/aromatic N) is 1. The highest BCUT2D eigenvalue weighted by molar-refractivity contribution is 6.31. The average Bonchev–Trinajstić information content (AvgIpc) is 2.80. The number of carbonyl (C=O) groups excluding carboxylic acids is 2. The van der Waals surface area contributed by atoms with Crippen LogP contribution < -0.4 is 10.6 Å². The maximum absolute atomic E-state index is 13.6. The quantitative estimate of drug-likeness (QED) is 0.385. The van der Waals surface area contributed by atoms with Gasteiger partial charge in [-0.15, -0.1) is 0 Å². The van der Waals surface area contributed by atoms with E-state index in [-0.39, 0.29) is 18.2 Å². The molecular formula is C25H33N3O3. The van der Waals surface area contributed by atoms with Crippen LogP contribution in [-0.4, -0.2) is 60.9 Å². The third-order valence-corrected chi connectivity index (χ3v) is 5.86. The number of fused-ring (bicyclic) bond motifs is 2. The first-order valence-corrected chi connectivity index (χ1v) is 11.3. The van der Waals surface area contributed by atoms with Crippen LogP contribution in [0.1, 0.15) is 65.0 Å². The van der Waals surface area contributed by atoms with Gasteiger partial charge in [-0.05, 0) is 44.5 Å². The second-order valence-corrected chi connectivity index (χ2v) is 7.78. The smallest absolute Gasteiger partial charge is 0.198 e. The van der Waals surface area contributed by atoms with E-state index < -0.39 is 0 Å². The lowest BCUT2D eigenvalue weighted by atomic mass is 9.82. The fourth-order valence-corrected chi connectivity index (χ4v) is 4.06. The summed E-state index contributed by atoms with van der Waals surface area (Å²) in [7, 11) is 0. The van der Waals surface area contributed by atoms with Gasteiger partial charge in [0.1, 0.15) is 0 Å². The first-order valence-electron chi connectivity index (χ1n) is 11.3. The van der Waals surface area contributed by atoms with Crippen LogP contribution >= 0.6 is 0 Å². The van der Waals surface area contributed by atoms with Crippen molar-refractivity contribution in [2.45, 2.75) is 33.1 Å². The van der Waals surface area contributed by atoms with Crippen LogP contribution in [0.4, 0.5) is 11.4 Å². The maximum atomic E-state index is 13.6. The number of anilines is 2. The molecule has 1 aliphatic rings. The van der Waals surface area contributed by atoms with E-state index in [1.54, 1.807) is 12.1 Å². The van der Waals surface area contributed by atoms with Crippen LogP contribution in [0.5, 0.6) is 0 Å². The molecule has 0 saturated carbocycles. The molecule has 0 atom stereocenters. The molecule has 0 bridgehead atoms. The second kappa shape index (κ2) is 11.1. The Balaban J connectivity index is 1.84. The van der Waals surface area contributed by atoms with Crippen molar-refractivity contribution in [1.82, 2.24) is 4.90 Å². The van der Waals surface area contributed by atoms with Gasteiger partial charge < -0.3 is 20.6 Å². The monoisotopic (exact) mass is 423 g/mol. The minimum absolute atomic E-state index is 0.110. The van der Waals surface area contributed by atoms with Gasteiger partial charge in [0.2, 0.25) is 0 Å². The summed E-state index contributed by atoms with van der Waals surface area (Å²) < 4.78 is 0. The third-order valence-electron chi connectivity index (χ3n) is 5.86. The number of aliphatic hydroxyl groups excluding tert-OH is 1. The Bertz CT molecular complexity index is 922. The van der Waals surface area contributed by atoms with Crippen molar-refractivity contribution in [3.8, 4) is 0 Å². The number of hydrogen-bond donors (Lipinski definition) is 3. The minimum atomic E-state index is -0.117. The highest BCUT2D eigenvalue weighted by Gasteiger charge is 2.33. The van der Waals surface area contributed by atoms with E-state index >= 15 is 0 Å². The molecule has 0 aromatic heterocycles. The van der Waals surface area contributed by atoms with Crippen molar-refractivity contribution in [2.24, 2.45) is 0 Å². The summed E-state index contributed by atoms with van der Waals surface area (Å²) >= 11 is 0. The summed E-state index contributed by atoms with van der Waals surface area (Å²) in [6.45, 7) is 8.67. The average molecular weight is 424 g/mol. The normalized spacial score (nSPS) is 12.6. The van der Waals surface area contributed by atoms with Gasteiger partial charge in [-0.3, -0.25) is 9.59 Å². The molecule has 6 heteroatoms. The molecule has 2 aromatic rings. The van der Waals surface area contributed by atoms with Gasteiger partial charge in [-0.1, -0.05) is 38.1 Å². The summed E-state index contributed by atoms with van der Waals surface area (Å²) in [5.74, 6) is -0.227. The standard InChI is InChI=1S/C25H33N3O3/c1-3-28(4-2)16-15-27-21-13-9-11-19-23(21)25(31)22-18(24(19)30)10-8-12-20(22)26-14-6-5-7-17-29/h8-13,26-27,29H,3-7,14-17H2,1-2H3. The van der Waals surface area contributed by atoms with Crippen LogP contribution in [0.25, 0.3) is 0 Å². The topological polar surface area (TPSA) is 81.7 Å². The molecule has 6 nitrogen and oxygen atoms in total. The molecule has 0 amide bonds. The Morgan fingerprint density at radius 1 is 0.774 bits per heavy atom. The molecule has 3 rings (SSSR count). The Hall–Kier alpha value is -2.70. The van der Waals surface area contributed by atoms with Crippen LogP contribution in [0, 0.1) is 0 Å². The molecule has 31 heavy (non-hydrogen) atoms. The molecule has 0 spiro atoms. The van der Waals surface area contributed by atoms with Gasteiger partial charge in [0.05, 0.1) is 11.1 Å². The number of aliphatic hydroxyl groups is 1. The number of likely N-dealkylation sites (N-methyl/N-ethyl adjacent to an activating group) is 1. The van der Waals surface area contributed by atoms with Gasteiger partial charge in [0, 0.05) is 48.7 Å². The van der Waals surface area contributed by atoms with E-state index in [0.29, 0.717) is 46.7 Å². The molecule has 0 saturated heterocycles. The van der Waals surface area contributed by atoms with Crippen molar-refractivity contribution in [1.29, 1.82) is 0 Å². The number of unbranched alkanes of at least 4 members (excludes halogenated alkanes) is 2. The first-order chi connectivity index (χ1) is 15.1. The van der Waals surface area contributed by atoms with Gasteiger partial charge >= 0.3 is 0 Å². The van der Waals surface area contributed by atoms with E-state index in [0.717, 1.165) is 38.9 Å². The zero-order valence-corrected chi connectivity index (χ0v) is 18.5. The predicted octanol–water partition coefficient (Wildman–Crippen LogP) is 3.79. The van der Waals surface area contributed by atoms with E-state index in [9.17, 15) is 9.59 Å². The SMILES string of the molecule is CCN(CC)CCNc1cccc2c1C(=O)c1c(NCCCCCO)cccc1C2=O. The highest BCUT2D eigenvalue weighted by atomic mass is 16.3. The highest BCUT2D eigenvalue weighted by Crippen LogP contribution is 2.35. The zero-order valence-electron chi connectivity index (χ0n) is 18.5.